The summed E-state index contributed by atoms with van der Waals surface area (Å²) in [6, 6.07) is 5.84. The van der Waals surface area contributed by atoms with Crippen molar-refractivity contribution in [3.8, 4) is 0 Å². The second kappa shape index (κ2) is 7.05. The number of pyridine rings is 1. The van der Waals surface area contributed by atoms with Gasteiger partial charge in [0.1, 0.15) is 23.0 Å². The Kier molecular flexibility index (Phi) is 4.98. The van der Waals surface area contributed by atoms with Gasteiger partial charge in [0.15, 0.2) is 5.78 Å². The summed E-state index contributed by atoms with van der Waals surface area (Å²) >= 11 is 12.2. The zero-order chi connectivity index (χ0) is 19.0. The van der Waals surface area contributed by atoms with E-state index in [0.717, 1.165) is 12.1 Å². The van der Waals surface area contributed by atoms with Crippen molar-refractivity contribution in [3.05, 3.63) is 67.8 Å². The number of hydrogen-bond donors (Lipinski definition) is 2. The zero-order valence-electron chi connectivity index (χ0n) is 13.4. The van der Waals surface area contributed by atoms with Gasteiger partial charge in [0.25, 0.3) is 0 Å². The number of halogens is 4. The van der Waals surface area contributed by atoms with Crippen LogP contribution in [0, 0.1) is 11.6 Å². The normalized spacial score (nSPS) is 11.0. The number of ketones is 1. The van der Waals surface area contributed by atoms with Crippen LogP contribution in [0.25, 0.3) is 10.9 Å². The number of nitrogens with one attached hydrogen (secondary N) is 2. The van der Waals surface area contributed by atoms with Crippen molar-refractivity contribution < 1.29 is 13.6 Å². The average Bonchev–Trinajstić information content (AvgIpc) is 2.60. The molecule has 2 aromatic carbocycles. The predicted molar refractivity (Wildman–Crippen MR) is 98.9 cm³/mol. The molecule has 2 N–H and O–H groups in total. The monoisotopic (exact) mass is 396 g/mol. The Bertz CT molecular complexity index is 1100. The number of hydrogen-bond acceptors (Lipinski definition) is 3. The minimum Gasteiger partial charge on any atom is -0.339 e. The van der Waals surface area contributed by atoms with Crippen LogP contribution in [0.5, 0.6) is 0 Å². The Labute approximate surface area is 156 Å². The number of H-pyrrole nitrogens is 1. The van der Waals surface area contributed by atoms with E-state index in [-0.39, 0.29) is 44.4 Å². The summed E-state index contributed by atoms with van der Waals surface area (Å²) in [5.74, 6) is -2.13. The fraction of sp³-hybridized carbons (Fsp3) is 0.111. The first kappa shape index (κ1) is 18.4. The lowest BCUT2D eigenvalue weighted by atomic mass is 10.1. The molecule has 0 aliphatic rings. The van der Waals surface area contributed by atoms with Crippen LogP contribution in [0.4, 0.5) is 20.3 Å². The minimum absolute atomic E-state index is 0.0379. The minimum atomic E-state index is -0.877. The molecule has 0 saturated heterocycles. The molecule has 0 fully saturated rings. The fourth-order valence-electron chi connectivity index (χ4n) is 2.58. The average molecular weight is 397 g/mol. The summed E-state index contributed by atoms with van der Waals surface area (Å²) in [4.78, 5) is 28.1. The molecule has 0 aliphatic heterocycles. The van der Waals surface area contributed by atoms with Gasteiger partial charge in [0.2, 0.25) is 5.43 Å². The van der Waals surface area contributed by atoms with Crippen molar-refractivity contribution in [2.24, 2.45) is 0 Å². The third-order valence-corrected chi connectivity index (χ3v) is 4.48. The topological polar surface area (TPSA) is 62.0 Å². The molecule has 0 spiro atoms. The number of rotatable bonds is 4. The Balaban J connectivity index is 2.31. The van der Waals surface area contributed by atoms with E-state index in [9.17, 15) is 18.4 Å². The Morgan fingerprint density at radius 3 is 2.50 bits per heavy atom. The highest BCUT2D eigenvalue weighted by atomic mass is 35.5. The lowest BCUT2D eigenvalue weighted by molar-refractivity contribution is 0.0988. The van der Waals surface area contributed by atoms with E-state index in [1.54, 1.807) is 6.92 Å². The van der Waals surface area contributed by atoms with Gasteiger partial charge < -0.3 is 10.3 Å². The number of aromatic amines is 1. The van der Waals surface area contributed by atoms with Crippen LogP contribution in [-0.2, 0) is 0 Å². The van der Waals surface area contributed by atoms with Crippen molar-refractivity contribution in [1.29, 1.82) is 0 Å². The van der Waals surface area contributed by atoms with E-state index in [0.29, 0.717) is 6.07 Å². The van der Waals surface area contributed by atoms with Crippen LogP contribution in [0.15, 0.2) is 35.1 Å². The van der Waals surface area contributed by atoms with E-state index in [2.05, 4.69) is 10.3 Å². The number of aromatic nitrogens is 1. The molecule has 26 heavy (non-hydrogen) atoms. The molecule has 8 heteroatoms. The summed E-state index contributed by atoms with van der Waals surface area (Å²) in [6.07, 6.45) is 0.0490. The van der Waals surface area contributed by atoms with Crippen LogP contribution in [-0.4, -0.2) is 10.8 Å². The SMILES string of the molecule is CCC(=O)c1c(Nc2ccc(F)cc2F)[nH]c2c(Cl)ccc(Cl)c2c1=O. The van der Waals surface area contributed by atoms with Crippen LogP contribution in [0.3, 0.4) is 0 Å². The molecular weight excluding hydrogens is 385 g/mol. The highest BCUT2D eigenvalue weighted by molar-refractivity contribution is 6.40. The molecule has 0 unspecified atom stereocenters. The molecule has 4 nitrogen and oxygen atoms in total. The Hall–Kier alpha value is -2.44. The molecule has 1 aromatic heterocycles. The number of benzene rings is 2. The van der Waals surface area contributed by atoms with Crippen LogP contribution < -0.4 is 10.7 Å². The van der Waals surface area contributed by atoms with Crippen molar-refractivity contribution in [2.75, 3.05) is 5.32 Å². The van der Waals surface area contributed by atoms with Crippen molar-refractivity contribution >= 4 is 51.4 Å². The van der Waals surface area contributed by atoms with Crippen molar-refractivity contribution in [2.45, 2.75) is 13.3 Å². The first-order chi connectivity index (χ1) is 12.3. The fourth-order valence-corrected chi connectivity index (χ4v) is 3.03. The number of carbonyl (C=O) groups is 1. The third kappa shape index (κ3) is 3.18. The van der Waals surface area contributed by atoms with Crippen molar-refractivity contribution in [3.63, 3.8) is 0 Å². The molecule has 0 saturated carbocycles. The second-order valence-corrected chi connectivity index (χ2v) is 6.32. The molecule has 1 heterocycles. The highest BCUT2D eigenvalue weighted by Gasteiger charge is 2.21. The number of fused-ring (bicyclic) bond motifs is 1. The lowest BCUT2D eigenvalue weighted by Gasteiger charge is -2.14. The molecular formula is C18H12Cl2F2N2O2. The maximum absolute atomic E-state index is 14.0. The van der Waals surface area contributed by atoms with E-state index >= 15 is 0 Å². The van der Waals surface area contributed by atoms with Gasteiger partial charge in [-0.1, -0.05) is 30.1 Å². The molecule has 0 aliphatic carbocycles. The van der Waals surface area contributed by atoms with E-state index in [4.69, 9.17) is 23.2 Å². The molecule has 3 rings (SSSR count). The van der Waals surface area contributed by atoms with Crippen LogP contribution in [0.1, 0.15) is 23.7 Å². The van der Waals surface area contributed by atoms with E-state index in [1.165, 1.54) is 12.1 Å². The molecule has 3 aromatic rings. The number of anilines is 2. The van der Waals surface area contributed by atoms with Crippen LogP contribution in [0.2, 0.25) is 10.0 Å². The third-order valence-electron chi connectivity index (χ3n) is 3.85. The van der Waals surface area contributed by atoms with Gasteiger partial charge in [-0.25, -0.2) is 8.78 Å². The zero-order valence-corrected chi connectivity index (χ0v) is 14.9. The Morgan fingerprint density at radius 2 is 1.85 bits per heavy atom. The highest BCUT2D eigenvalue weighted by Crippen LogP contribution is 2.30. The maximum Gasteiger partial charge on any atom is 0.203 e. The maximum atomic E-state index is 14.0. The van der Waals surface area contributed by atoms with Gasteiger partial charge in [0, 0.05) is 12.5 Å². The van der Waals surface area contributed by atoms with Crippen molar-refractivity contribution in [1.82, 2.24) is 4.98 Å². The van der Waals surface area contributed by atoms with Gasteiger partial charge in [-0.2, -0.15) is 0 Å². The van der Waals surface area contributed by atoms with Gasteiger partial charge in [-0.15, -0.1) is 0 Å². The quantitative estimate of drug-likeness (QED) is 0.576. The van der Waals surface area contributed by atoms with E-state index < -0.39 is 22.8 Å². The van der Waals surface area contributed by atoms with Gasteiger partial charge in [0.05, 0.1) is 26.6 Å². The summed E-state index contributed by atoms with van der Waals surface area (Å²) in [7, 11) is 0. The number of carbonyl (C=O) groups excluding carboxylic acids is 1. The Morgan fingerprint density at radius 1 is 1.15 bits per heavy atom. The summed E-state index contributed by atoms with van der Waals surface area (Å²) < 4.78 is 27.1. The standard InChI is InChI=1S/C18H12Cl2F2N2O2/c1-2-13(25)15-17(26)14-9(19)4-5-10(20)16(14)24-18(15)23-12-6-3-8(21)7-11(12)22/h3-7H,2H2,1H3,(H2,23,24,26). The predicted octanol–water partition coefficient (Wildman–Crippen LogP) is 5.45. The smallest absolute Gasteiger partial charge is 0.203 e. The summed E-state index contributed by atoms with van der Waals surface area (Å²) in [5.41, 5.74) is -0.720. The summed E-state index contributed by atoms with van der Waals surface area (Å²) in [5, 5.41) is 3.06. The molecule has 0 atom stereocenters. The van der Waals surface area contributed by atoms with Gasteiger partial charge in [-0.05, 0) is 24.3 Å². The largest absolute Gasteiger partial charge is 0.339 e. The lowest BCUT2D eigenvalue weighted by Crippen LogP contribution is -2.19. The molecule has 0 amide bonds. The molecule has 134 valence electrons. The summed E-state index contributed by atoms with van der Waals surface area (Å²) in [6.45, 7) is 1.59. The first-order valence-electron chi connectivity index (χ1n) is 7.62. The molecule has 0 bridgehead atoms. The number of Topliss-reactive ketones (excluding diaryl/α,β-unsaturated/α-hetero) is 1. The molecule has 0 radical (unpaired) electrons. The van der Waals surface area contributed by atoms with E-state index in [1.807, 2.05) is 0 Å². The first-order valence-corrected chi connectivity index (χ1v) is 8.38. The van der Waals surface area contributed by atoms with Crippen LogP contribution >= 0.6 is 23.2 Å². The van der Waals surface area contributed by atoms with Gasteiger partial charge in [-0.3, -0.25) is 9.59 Å². The second-order valence-electron chi connectivity index (χ2n) is 5.51. The van der Waals surface area contributed by atoms with Gasteiger partial charge >= 0.3 is 0 Å².